The van der Waals surface area contributed by atoms with Gasteiger partial charge in [0.05, 0.1) is 19.2 Å². The van der Waals surface area contributed by atoms with Crippen LogP contribution in [0.5, 0.6) is 5.75 Å². The maximum absolute atomic E-state index is 5.27. The third-order valence-electron chi connectivity index (χ3n) is 5.33. The lowest BCUT2D eigenvalue weighted by Gasteiger charge is -2.40. The van der Waals surface area contributed by atoms with Crippen LogP contribution in [0.4, 0.5) is 5.69 Å². The summed E-state index contributed by atoms with van der Waals surface area (Å²) in [5.74, 6) is 1.91. The molecule has 7 nitrogen and oxygen atoms in total. The Kier molecular flexibility index (Phi) is 6.66. The van der Waals surface area contributed by atoms with Crippen LogP contribution in [0.25, 0.3) is 0 Å². The van der Waals surface area contributed by atoms with Crippen LogP contribution >= 0.6 is 0 Å². The van der Waals surface area contributed by atoms with E-state index in [-0.39, 0.29) is 6.04 Å². The molecule has 0 aliphatic carbocycles. The largest absolute Gasteiger partial charge is 0.497 e. The van der Waals surface area contributed by atoms with Crippen molar-refractivity contribution in [3.8, 4) is 5.75 Å². The van der Waals surface area contributed by atoms with Crippen LogP contribution in [0.15, 0.2) is 24.3 Å². The lowest BCUT2D eigenvalue weighted by atomic mass is 10.1. The molecule has 1 fully saturated rings. The van der Waals surface area contributed by atoms with E-state index in [9.17, 15) is 0 Å². The van der Waals surface area contributed by atoms with Crippen molar-refractivity contribution in [2.75, 3.05) is 38.2 Å². The first kappa shape index (κ1) is 19.6. The maximum Gasteiger partial charge on any atom is 0.168 e. The number of nitrogens with zero attached hydrogens (tertiary/aromatic N) is 6. The number of rotatable bonds is 8. The van der Waals surface area contributed by atoms with Crippen LogP contribution < -0.4 is 9.64 Å². The number of aromatic nitrogens is 4. The molecule has 0 N–H and O–H groups in total. The number of anilines is 1. The fourth-order valence-electron chi connectivity index (χ4n) is 3.74. The molecule has 1 aliphatic heterocycles. The minimum Gasteiger partial charge on any atom is -0.497 e. The number of methoxy groups -OCH3 is 1. The topological polar surface area (TPSA) is 59.3 Å². The first-order valence-corrected chi connectivity index (χ1v) is 10.0. The molecule has 0 bridgehead atoms. The van der Waals surface area contributed by atoms with Gasteiger partial charge in [-0.25, -0.2) is 4.68 Å². The van der Waals surface area contributed by atoms with Crippen molar-refractivity contribution in [2.24, 2.45) is 0 Å². The van der Waals surface area contributed by atoms with E-state index in [1.807, 2.05) is 16.8 Å². The maximum atomic E-state index is 5.27. The van der Waals surface area contributed by atoms with Crippen molar-refractivity contribution < 1.29 is 4.74 Å². The van der Waals surface area contributed by atoms with E-state index in [1.165, 1.54) is 18.5 Å². The number of ether oxygens (including phenoxy) is 1. The van der Waals surface area contributed by atoms with Gasteiger partial charge in [0, 0.05) is 31.9 Å². The Morgan fingerprint density at radius 2 is 1.78 bits per heavy atom. The van der Waals surface area contributed by atoms with Gasteiger partial charge in [0.2, 0.25) is 0 Å². The fourth-order valence-corrected chi connectivity index (χ4v) is 3.74. The predicted molar refractivity (Wildman–Crippen MR) is 107 cm³/mol. The Hall–Kier alpha value is -2.15. The Labute approximate surface area is 162 Å². The molecule has 2 heterocycles. The molecule has 1 atom stereocenters. The Morgan fingerprint density at radius 3 is 2.37 bits per heavy atom. The van der Waals surface area contributed by atoms with Crippen molar-refractivity contribution >= 4 is 5.69 Å². The summed E-state index contributed by atoms with van der Waals surface area (Å²) >= 11 is 0. The first-order valence-electron chi connectivity index (χ1n) is 10.0. The molecule has 1 saturated heterocycles. The average molecular weight is 373 g/mol. The van der Waals surface area contributed by atoms with Gasteiger partial charge in [-0.2, -0.15) is 0 Å². The van der Waals surface area contributed by atoms with Gasteiger partial charge in [0.25, 0.3) is 0 Å². The lowest BCUT2D eigenvalue weighted by molar-refractivity contribution is 0.161. The van der Waals surface area contributed by atoms with Gasteiger partial charge in [-0.15, -0.1) is 5.10 Å². The quantitative estimate of drug-likeness (QED) is 0.708. The number of tetrazole rings is 1. The number of benzene rings is 1. The number of hydrogen-bond donors (Lipinski definition) is 0. The van der Waals surface area contributed by atoms with Gasteiger partial charge in [0.15, 0.2) is 5.82 Å². The standard InChI is InChI=1S/C20H32N6O/c1-5-6-7-19(20-21-22-23-26(20)16(2)3)25-14-12-24(13-15-25)17-8-10-18(27-4)11-9-17/h8-11,16,19H,5-7,12-15H2,1-4H3. The van der Waals surface area contributed by atoms with E-state index < -0.39 is 0 Å². The van der Waals surface area contributed by atoms with Crippen LogP contribution in [0.3, 0.4) is 0 Å². The zero-order chi connectivity index (χ0) is 19.2. The molecular formula is C20H32N6O. The smallest absolute Gasteiger partial charge is 0.168 e. The lowest BCUT2D eigenvalue weighted by Crippen LogP contribution is -2.48. The summed E-state index contributed by atoms with van der Waals surface area (Å²) in [7, 11) is 1.70. The van der Waals surface area contributed by atoms with Gasteiger partial charge in [-0.3, -0.25) is 4.90 Å². The molecule has 0 spiro atoms. The summed E-state index contributed by atoms with van der Waals surface area (Å²) in [5.41, 5.74) is 1.26. The van der Waals surface area contributed by atoms with Gasteiger partial charge in [0.1, 0.15) is 5.75 Å². The predicted octanol–water partition coefficient (Wildman–Crippen LogP) is 3.32. The van der Waals surface area contributed by atoms with Crippen molar-refractivity contribution in [1.82, 2.24) is 25.1 Å². The molecule has 1 aliphatic rings. The molecule has 2 aromatic rings. The molecule has 3 rings (SSSR count). The fraction of sp³-hybridized carbons (Fsp3) is 0.650. The number of piperazine rings is 1. The Morgan fingerprint density at radius 1 is 1.07 bits per heavy atom. The average Bonchev–Trinajstić information content (AvgIpc) is 3.19. The molecule has 1 aromatic carbocycles. The summed E-state index contributed by atoms with van der Waals surface area (Å²) in [6, 6.07) is 8.91. The van der Waals surface area contributed by atoms with Gasteiger partial charge in [-0.1, -0.05) is 19.8 Å². The third-order valence-corrected chi connectivity index (χ3v) is 5.33. The summed E-state index contributed by atoms with van der Waals surface area (Å²) in [4.78, 5) is 5.00. The van der Waals surface area contributed by atoms with E-state index in [2.05, 4.69) is 58.2 Å². The molecule has 1 unspecified atom stereocenters. The Balaban J connectivity index is 1.69. The van der Waals surface area contributed by atoms with E-state index in [1.54, 1.807) is 7.11 Å². The van der Waals surface area contributed by atoms with Crippen molar-refractivity contribution in [1.29, 1.82) is 0 Å². The van der Waals surface area contributed by atoms with Gasteiger partial charge < -0.3 is 9.64 Å². The summed E-state index contributed by atoms with van der Waals surface area (Å²) in [6.07, 6.45) is 3.48. The second-order valence-electron chi connectivity index (χ2n) is 7.45. The molecular weight excluding hydrogens is 340 g/mol. The SMILES string of the molecule is CCCCC(c1nnnn1C(C)C)N1CCN(c2ccc(OC)cc2)CC1. The number of unbranched alkanes of at least 4 members (excludes halogenated alkanes) is 1. The highest BCUT2D eigenvalue weighted by Crippen LogP contribution is 2.28. The molecule has 0 saturated carbocycles. The monoisotopic (exact) mass is 372 g/mol. The van der Waals surface area contributed by atoms with Crippen LogP contribution in [-0.4, -0.2) is 58.4 Å². The molecule has 0 amide bonds. The van der Waals surface area contributed by atoms with Gasteiger partial charge >= 0.3 is 0 Å². The second kappa shape index (κ2) is 9.17. The van der Waals surface area contributed by atoms with Crippen molar-refractivity contribution in [3.63, 3.8) is 0 Å². The minimum absolute atomic E-state index is 0.278. The van der Waals surface area contributed by atoms with Crippen molar-refractivity contribution in [2.45, 2.75) is 52.1 Å². The first-order chi connectivity index (χ1) is 13.1. The van der Waals surface area contributed by atoms with E-state index >= 15 is 0 Å². The molecule has 27 heavy (non-hydrogen) atoms. The third kappa shape index (κ3) is 4.58. The zero-order valence-corrected chi connectivity index (χ0v) is 17.0. The Bertz CT molecular complexity index is 691. The highest BCUT2D eigenvalue weighted by atomic mass is 16.5. The van der Waals surface area contributed by atoms with E-state index in [4.69, 9.17) is 4.74 Å². The van der Waals surface area contributed by atoms with Crippen LogP contribution in [0.1, 0.15) is 57.9 Å². The molecule has 1 aromatic heterocycles. The highest BCUT2D eigenvalue weighted by molar-refractivity contribution is 5.49. The van der Waals surface area contributed by atoms with E-state index in [0.717, 1.165) is 44.2 Å². The minimum atomic E-state index is 0.278. The van der Waals surface area contributed by atoms with Crippen molar-refractivity contribution in [3.05, 3.63) is 30.1 Å². The molecule has 148 valence electrons. The van der Waals surface area contributed by atoms with Crippen LogP contribution in [0, 0.1) is 0 Å². The molecule has 0 radical (unpaired) electrons. The summed E-state index contributed by atoms with van der Waals surface area (Å²) in [6.45, 7) is 10.6. The van der Waals surface area contributed by atoms with E-state index in [0.29, 0.717) is 6.04 Å². The second-order valence-corrected chi connectivity index (χ2v) is 7.45. The molecule has 7 heteroatoms. The zero-order valence-electron chi connectivity index (χ0n) is 17.0. The highest BCUT2D eigenvalue weighted by Gasteiger charge is 2.29. The normalized spacial score (nSPS) is 16.7. The van der Waals surface area contributed by atoms with Gasteiger partial charge in [-0.05, 0) is 55.0 Å². The summed E-state index contributed by atoms with van der Waals surface area (Å²) in [5, 5.41) is 12.6. The summed E-state index contributed by atoms with van der Waals surface area (Å²) < 4.78 is 7.25. The van der Waals surface area contributed by atoms with Crippen LogP contribution in [0.2, 0.25) is 0 Å². The number of hydrogen-bond acceptors (Lipinski definition) is 6. The van der Waals surface area contributed by atoms with Crippen LogP contribution in [-0.2, 0) is 0 Å².